The smallest absolute Gasteiger partial charge is 0.323 e. The van der Waals surface area contributed by atoms with Crippen LogP contribution in [0, 0.1) is 0 Å². The third kappa shape index (κ3) is 4.06. The lowest BCUT2D eigenvalue weighted by Gasteiger charge is -2.15. The number of fused-ring (bicyclic) bond motifs is 1. The molecule has 0 bridgehead atoms. The van der Waals surface area contributed by atoms with E-state index >= 15 is 0 Å². The third-order valence-electron chi connectivity index (χ3n) is 4.79. The largest absolute Gasteiger partial charge is 0.486 e. The number of ether oxygens (including phenoxy) is 1. The highest BCUT2D eigenvalue weighted by molar-refractivity contribution is 5.94. The minimum absolute atomic E-state index is 0.184. The number of carbonyl (C=O) groups is 1. The van der Waals surface area contributed by atoms with Crippen LogP contribution >= 0.6 is 0 Å². The van der Waals surface area contributed by atoms with Crippen molar-refractivity contribution in [2.24, 2.45) is 7.05 Å². The maximum absolute atomic E-state index is 12.6. The number of aryl methyl sites for hydroxylation is 1. The Bertz CT molecular complexity index is 1200. The molecule has 0 saturated heterocycles. The van der Waals surface area contributed by atoms with E-state index in [9.17, 15) is 9.59 Å². The van der Waals surface area contributed by atoms with Gasteiger partial charge in [0, 0.05) is 25.0 Å². The minimum Gasteiger partial charge on any atom is -0.486 e. The van der Waals surface area contributed by atoms with Gasteiger partial charge >= 0.3 is 5.69 Å². The molecule has 1 amide bonds. The quantitative estimate of drug-likeness (QED) is 0.470. The molecule has 0 aliphatic heterocycles. The van der Waals surface area contributed by atoms with Crippen LogP contribution in [0.4, 0.5) is 0 Å². The molecule has 2 aromatic heterocycles. The fraction of sp³-hybridized carbons (Fsp3) is 0.190. The monoisotopic (exact) mass is 391 g/mol. The van der Waals surface area contributed by atoms with E-state index in [2.05, 4.69) is 20.3 Å². The van der Waals surface area contributed by atoms with Gasteiger partial charge in [0.15, 0.2) is 0 Å². The number of hydrogen-bond donors (Lipinski definition) is 3. The van der Waals surface area contributed by atoms with Gasteiger partial charge in [-0.05, 0) is 48.9 Å². The number of rotatable bonds is 6. The Labute approximate surface area is 166 Å². The summed E-state index contributed by atoms with van der Waals surface area (Å²) in [5.41, 5.74) is 2.63. The normalized spacial score (nSPS) is 12.1. The lowest BCUT2D eigenvalue weighted by molar-refractivity contribution is 0.0940. The summed E-state index contributed by atoms with van der Waals surface area (Å²) in [6, 6.07) is 12.3. The van der Waals surface area contributed by atoms with E-state index in [1.165, 1.54) is 0 Å². The van der Waals surface area contributed by atoms with Crippen LogP contribution in [-0.2, 0) is 13.7 Å². The average molecular weight is 391 g/mol. The van der Waals surface area contributed by atoms with Crippen molar-refractivity contribution in [1.29, 1.82) is 0 Å². The van der Waals surface area contributed by atoms with E-state index in [0.717, 1.165) is 16.9 Å². The molecular weight excluding hydrogens is 370 g/mol. The minimum atomic E-state index is -0.251. The van der Waals surface area contributed by atoms with Gasteiger partial charge in [0.25, 0.3) is 5.91 Å². The number of carbonyl (C=O) groups excluding carboxylic acids is 1. The molecule has 4 rings (SSSR count). The van der Waals surface area contributed by atoms with Gasteiger partial charge in [-0.15, -0.1) is 0 Å². The fourth-order valence-electron chi connectivity index (χ4n) is 3.07. The molecule has 1 unspecified atom stereocenters. The number of aromatic nitrogens is 4. The van der Waals surface area contributed by atoms with Crippen molar-refractivity contribution < 1.29 is 9.53 Å². The highest BCUT2D eigenvalue weighted by Crippen LogP contribution is 2.19. The number of amides is 1. The molecule has 2 aromatic carbocycles. The Hall–Kier alpha value is -3.81. The van der Waals surface area contributed by atoms with Gasteiger partial charge in [0.2, 0.25) is 0 Å². The summed E-state index contributed by atoms with van der Waals surface area (Å²) >= 11 is 0. The summed E-state index contributed by atoms with van der Waals surface area (Å²) in [4.78, 5) is 33.6. The Kier molecular flexibility index (Phi) is 4.90. The molecule has 0 aliphatic rings. The molecule has 0 spiro atoms. The summed E-state index contributed by atoms with van der Waals surface area (Å²) in [5.74, 6) is 1.30. The number of H-pyrrole nitrogens is 2. The van der Waals surface area contributed by atoms with Crippen LogP contribution in [0.5, 0.6) is 5.75 Å². The summed E-state index contributed by atoms with van der Waals surface area (Å²) in [5, 5.41) is 2.97. The second kappa shape index (κ2) is 7.67. The van der Waals surface area contributed by atoms with Gasteiger partial charge in [-0.25, -0.2) is 9.78 Å². The van der Waals surface area contributed by atoms with Crippen LogP contribution in [0.15, 0.2) is 59.7 Å². The highest BCUT2D eigenvalue weighted by atomic mass is 16.5. The van der Waals surface area contributed by atoms with E-state index < -0.39 is 0 Å². The summed E-state index contributed by atoms with van der Waals surface area (Å²) in [6.45, 7) is 2.25. The molecular formula is C21H21N5O3. The van der Waals surface area contributed by atoms with Crippen LogP contribution in [0.2, 0.25) is 0 Å². The van der Waals surface area contributed by atoms with E-state index in [0.29, 0.717) is 23.4 Å². The molecule has 148 valence electrons. The van der Waals surface area contributed by atoms with E-state index in [4.69, 9.17) is 4.74 Å². The first kappa shape index (κ1) is 18.5. The van der Waals surface area contributed by atoms with Gasteiger partial charge in [-0.3, -0.25) is 4.79 Å². The van der Waals surface area contributed by atoms with Crippen LogP contribution in [0.25, 0.3) is 11.0 Å². The van der Waals surface area contributed by atoms with Crippen LogP contribution in [0.3, 0.4) is 0 Å². The molecule has 1 atom stereocenters. The third-order valence-corrected chi connectivity index (χ3v) is 4.79. The van der Waals surface area contributed by atoms with Crippen molar-refractivity contribution in [3.05, 3.63) is 82.3 Å². The average Bonchev–Trinajstić information content (AvgIpc) is 3.30. The molecule has 0 aliphatic carbocycles. The Balaban J connectivity index is 1.39. The van der Waals surface area contributed by atoms with Crippen LogP contribution in [0.1, 0.15) is 34.7 Å². The first-order chi connectivity index (χ1) is 14.0. The number of imidazole rings is 2. The van der Waals surface area contributed by atoms with Gasteiger partial charge < -0.3 is 24.6 Å². The molecule has 2 heterocycles. The second-order valence-electron chi connectivity index (χ2n) is 6.85. The first-order valence-corrected chi connectivity index (χ1v) is 9.21. The predicted molar refractivity (Wildman–Crippen MR) is 109 cm³/mol. The highest BCUT2D eigenvalue weighted by Gasteiger charge is 2.13. The Morgan fingerprint density at radius 3 is 2.66 bits per heavy atom. The summed E-state index contributed by atoms with van der Waals surface area (Å²) in [7, 11) is 1.91. The van der Waals surface area contributed by atoms with Crippen molar-refractivity contribution in [2.75, 3.05) is 0 Å². The topological polar surface area (TPSA) is 105 Å². The zero-order valence-electron chi connectivity index (χ0n) is 16.1. The van der Waals surface area contributed by atoms with E-state index in [1.807, 2.05) is 42.9 Å². The van der Waals surface area contributed by atoms with Gasteiger partial charge in [-0.2, -0.15) is 0 Å². The van der Waals surface area contributed by atoms with Gasteiger partial charge in [0.05, 0.1) is 17.1 Å². The van der Waals surface area contributed by atoms with Gasteiger partial charge in [-0.1, -0.05) is 6.07 Å². The Morgan fingerprint density at radius 1 is 1.17 bits per heavy atom. The lowest BCUT2D eigenvalue weighted by atomic mass is 10.1. The Morgan fingerprint density at radius 2 is 1.93 bits per heavy atom. The maximum atomic E-state index is 12.6. The molecule has 0 fully saturated rings. The zero-order chi connectivity index (χ0) is 20.4. The van der Waals surface area contributed by atoms with Crippen molar-refractivity contribution in [3.63, 3.8) is 0 Å². The van der Waals surface area contributed by atoms with Crippen LogP contribution < -0.4 is 15.7 Å². The fourth-order valence-corrected chi connectivity index (χ4v) is 3.07. The molecule has 29 heavy (non-hydrogen) atoms. The molecule has 4 aromatic rings. The number of benzene rings is 2. The molecule has 3 N–H and O–H groups in total. The number of nitrogens with zero attached hydrogens (tertiary/aromatic N) is 2. The zero-order valence-corrected chi connectivity index (χ0v) is 16.1. The van der Waals surface area contributed by atoms with Crippen molar-refractivity contribution in [1.82, 2.24) is 24.8 Å². The standard InChI is InChI=1S/C21H21N5O3/c1-13(15-5-8-17-18(11-15)25-21(28)24-17)23-20(27)14-3-6-16(7-4-14)29-12-19-22-9-10-26(19)2/h3-11,13H,12H2,1-2H3,(H,23,27)(H2,24,25,28). The summed E-state index contributed by atoms with van der Waals surface area (Å²) < 4.78 is 7.60. The number of nitrogens with one attached hydrogen (secondary N) is 3. The van der Waals surface area contributed by atoms with Gasteiger partial charge in [0.1, 0.15) is 18.2 Å². The van der Waals surface area contributed by atoms with Crippen molar-refractivity contribution in [3.8, 4) is 5.75 Å². The molecule has 0 saturated carbocycles. The van der Waals surface area contributed by atoms with Crippen molar-refractivity contribution >= 4 is 16.9 Å². The van der Waals surface area contributed by atoms with E-state index in [-0.39, 0.29) is 17.6 Å². The van der Waals surface area contributed by atoms with Crippen molar-refractivity contribution in [2.45, 2.75) is 19.6 Å². The first-order valence-electron chi connectivity index (χ1n) is 9.21. The number of aromatic amines is 2. The molecule has 8 nitrogen and oxygen atoms in total. The molecule has 0 radical (unpaired) electrons. The predicted octanol–water partition coefficient (Wildman–Crippen LogP) is 2.66. The SMILES string of the molecule is CC(NC(=O)c1ccc(OCc2nccn2C)cc1)c1ccc2[nH]c(=O)[nH]c2c1. The summed E-state index contributed by atoms with van der Waals surface area (Å²) in [6.07, 6.45) is 3.58. The number of hydrogen-bond acceptors (Lipinski definition) is 4. The molecule has 8 heteroatoms. The van der Waals surface area contributed by atoms with Crippen LogP contribution in [-0.4, -0.2) is 25.4 Å². The second-order valence-corrected chi connectivity index (χ2v) is 6.85. The maximum Gasteiger partial charge on any atom is 0.323 e. The lowest BCUT2D eigenvalue weighted by Crippen LogP contribution is -2.26. The van der Waals surface area contributed by atoms with E-state index in [1.54, 1.807) is 30.5 Å².